The second-order valence-corrected chi connectivity index (χ2v) is 6.92. The standard InChI is InChI=1S/C20H16N8O5/c1-10(11-2-5-13(29)6-3-11)22-24-20(30)16-17(12-4-7-14-15(8-12)32-9-31-14)28(27-23-16)19-18(21)25-33-26-19/h2-8,29H,9H2,1H3,(H2,21,25)(H,24,30)/b22-10+. The number of fused-ring (bicyclic) bond motifs is 1. The first-order chi connectivity index (χ1) is 16.0. The number of nitrogens with two attached hydrogens (primary N) is 1. The molecule has 2 aromatic carbocycles. The molecule has 0 radical (unpaired) electrons. The number of hydrogen-bond donors (Lipinski definition) is 3. The Morgan fingerprint density at radius 1 is 1.15 bits per heavy atom. The van der Waals surface area contributed by atoms with Crippen LogP contribution in [0.5, 0.6) is 17.2 Å². The number of hydrogen-bond acceptors (Lipinski definition) is 11. The third-order valence-electron chi connectivity index (χ3n) is 4.84. The molecule has 0 saturated carbocycles. The minimum atomic E-state index is -0.623. The average molecular weight is 448 g/mol. The number of amides is 1. The highest BCUT2D eigenvalue weighted by Crippen LogP contribution is 2.37. The van der Waals surface area contributed by atoms with E-state index in [1.165, 1.54) is 16.8 Å². The Morgan fingerprint density at radius 2 is 1.94 bits per heavy atom. The van der Waals surface area contributed by atoms with Crippen LogP contribution >= 0.6 is 0 Å². The molecule has 1 amide bonds. The summed E-state index contributed by atoms with van der Waals surface area (Å²) in [6.45, 7) is 1.80. The monoisotopic (exact) mass is 448 g/mol. The molecule has 5 rings (SSSR count). The first kappa shape index (κ1) is 20.0. The summed E-state index contributed by atoms with van der Waals surface area (Å²) in [6.07, 6.45) is 0. The number of phenols is 1. The number of anilines is 1. The molecule has 33 heavy (non-hydrogen) atoms. The van der Waals surface area contributed by atoms with E-state index < -0.39 is 5.91 Å². The lowest BCUT2D eigenvalue weighted by Crippen LogP contribution is -2.21. The molecule has 3 heterocycles. The Balaban J connectivity index is 1.53. The second kappa shape index (κ2) is 7.96. The molecule has 1 aliphatic rings. The zero-order valence-electron chi connectivity index (χ0n) is 17.1. The van der Waals surface area contributed by atoms with Gasteiger partial charge in [-0.1, -0.05) is 5.21 Å². The molecule has 166 valence electrons. The third kappa shape index (κ3) is 3.67. The van der Waals surface area contributed by atoms with Gasteiger partial charge in [-0.2, -0.15) is 9.78 Å². The zero-order valence-corrected chi connectivity index (χ0v) is 17.1. The Hall–Kier alpha value is -4.94. The Bertz CT molecular complexity index is 1380. The number of nitrogens with zero attached hydrogens (tertiary/aromatic N) is 6. The minimum Gasteiger partial charge on any atom is -0.508 e. The largest absolute Gasteiger partial charge is 0.508 e. The number of carbonyl (C=O) groups excluding carboxylic acids is 1. The number of aromatic hydroxyl groups is 1. The van der Waals surface area contributed by atoms with Gasteiger partial charge in [0.25, 0.3) is 5.91 Å². The summed E-state index contributed by atoms with van der Waals surface area (Å²) < 4.78 is 16.7. The molecular formula is C20H16N8O5. The summed E-state index contributed by atoms with van der Waals surface area (Å²) in [5, 5.41) is 28.9. The van der Waals surface area contributed by atoms with Crippen molar-refractivity contribution in [3.8, 4) is 34.3 Å². The highest BCUT2D eigenvalue weighted by Gasteiger charge is 2.26. The molecule has 4 aromatic rings. The number of benzene rings is 2. The Labute approximate surface area is 185 Å². The molecule has 4 N–H and O–H groups in total. The van der Waals surface area contributed by atoms with Crippen molar-refractivity contribution < 1.29 is 24.0 Å². The smallest absolute Gasteiger partial charge is 0.294 e. The van der Waals surface area contributed by atoms with Crippen molar-refractivity contribution in [3.05, 3.63) is 53.7 Å². The van der Waals surface area contributed by atoms with Gasteiger partial charge in [-0.15, -0.1) is 5.10 Å². The highest BCUT2D eigenvalue weighted by atomic mass is 16.7. The van der Waals surface area contributed by atoms with Crippen LogP contribution in [0.1, 0.15) is 23.0 Å². The van der Waals surface area contributed by atoms with Crippen LogP contribution in [-0.4, -0.2) is 48.8 Å². The predicted octanol–water partition coefficient (Wildman–Crippen LogP) is 1.49. The number of aromatic nitrogens is 5. The second-order valence-electron chi connectivity index (χ2n) is 6.92. The zero-order chi connectivity index (χ0) is 22.9. The molecule has 0 saturated heterocycles. The van der Waals surface area contributed by atoms with Gasteiger partial charge in [0.2, 0.25) is 18.4 Å². The summed E-state index contributed by atoms with van der Waals surface area (Å²) in [5.74, 6) is 0.608. The van der Waals surface area contributed by atoms with Gasteiger partial charge in [-0.05, 0) is 65.3 Å². The quantitative estimate of drug-likeness (QED) is 0.299. The fraction of sp³-hybridized carbons (Fsp3) is 0.100. The van der Waals surface area contributed by atoms with Crippen LogP contribution in [0.3, 0.4) is 0 Å². The van der Waals surface area contributed by atoms with Gasteiger partial charge < -0.3 is 20.3 Å². The van der Waals surface area contributed by atoms with Crippen LogP contribution in [-0.2, 0) is 0 Å². The molecular weight excluding hydrogens is 432 g/mol. The Morgan fingerprint density at radius 3 is 2.70 bits per heavy atom. The van der Waals surface area contributed by atoms with Crippen molar-refractivity contribution in [3.63, 3.8) is 0 Å². The van der Waals surface area contributed by atoms with Gasteiger partial charge in [0, 0.05) is 5.56 Å². The summed E-state index contributed by atoms with van der Waals surface area (Å²) in [7, 11) is 0. The summed E-state index contributed by atoms with van der Waals surface area (Å²) in [5.41, 5.74) is 10.3. The molecule has 2 aromatic heterocycles. The van der Waals surface area contributed by atoms with E-state index in [1.807, 2.05) is 0 Å². The number of nitrogen functional groups attached to an aromatic ring is 1. The number of hydrazone groups is 1. The predicted molar refractivity (Wildman–Crippen MR) is 113 cm³/mol. The van der Waals surface area contributed by atoms with Crippen molar-refractivity contribution in [2.24, 2.45) is 5.10 Å². The molecule has 0 unspecified atom stereocenters. The highest BCUT2D eigenvalue weighted by molar-refractivity contribution is 6.02. The van der Waals surface area contributed by atoms with Gasteiger partial charge in [-0.25, -0.2) is 10.1 Å². The lowest BCUT2D eigenvalue weighted by atomic mass is 10.1. The van der Waals surface area contributed by atoms with Crippen LogP contribution in [0.25, 0.3) is 17.1 Å². The summed E-state index contributed by atoms with van der Waals surface area (Å²) in [6, 6.07) is 11.5. The lowest BCUT2D eigenvalue weighted by molar-refractivity contribution is 0.0950. The first-order valence-electron chi connectivity index (χ1n) is 9.59. The number of nitrogens with one attached hydrogen (secondary N) is 1. The van der Waals surface area contributed by atoms with Crippen molar-refractivity contribution in [2.45, 2.75) is 6.92 Å². The van der Waals surface area contributed by atoms with Crippen LogP contribution < -0.4 is 20.6 Å². The topological polar surface area (TPSA) is 176 Å². The van der Waals surface area contributed by atoms with Gasteiger partial charge in [-0.3, -0.25) is 4.79 Å². The van der Waals surface area contributed by atoms with E-state index in [4.69, 9.17) is 15.2 Å². The van der Waals surface area contributed by atoms with E-state index in [0.717, 1.165) is 0 Å². The number of carbonyl (C=O) groups is 1. The van der Waals surface area contributed by atoms with Gasteiger partial charge in [0.15, 0.2) is 17.2 Å². The molecule has 13 heteroatoms. The van der Waals surface area contributed by atoms with Crippen molar-refractivity contribution in [2.75, 3.05) is 12.5 Å². The van der Waals surface area contributed by atoms with E-state index in [1.54, 1.807) is 37.3 Å². The van der Waals surface area contributed by atoms with E-state index in [0.29, 0.717) is 28.3 Å². The van der Waals surface area contributed by atoms with Crippen molar-refractivity contribution >= 4 is 17.4 Å². The van der Waals surface area contributed by atoms with Crippen LogP contribution in [0, 0.1) is 0 Å². The maximum atomic E-state index is 13.0. The lowest BCUT2D eigenvalue weighted by Gasteiger charge is -2.07. The maximum Gasteiger partial charge on any atom is 0.294 e. The molecule has 0 aliphatic carbocycles. The number of ether oxygens (including phenoxy) is 2. The van der Waals surface area contributed by atoms with E-state index >= 15 is 0 Å². The van der Waals surface area contributed by atoms with Crippen LogP contribution in [0.4, 0.5) is 5.82 Å². The minimum absolute atomic E-state index is 0.0324. The average Bonchev–Trinajstić information content (AvgIpc) is 3.56. The van der Waals surface area contributed by atoms with Crippen molar-refractivity contribution in [1.29, 1.82) is 0 Å². The number of rotatable bonds is 5. The molecule has 0 spiro atoms. The summed E-state index contributed by atoms with van der Waals surface area (Å²) in [4.78, 5) is 13.0. The third-order valence-corrected chi connectivity index (χ3v) is 4.84. The normalized spacial score (nSPS) is 12.7. The molecule has 1 aliphatic heterocycles. The SMILES string of the molecule is C/C(=N\NC(=O)c1nnn(-c2nonc2N)c1-c1ccc2c(c1)OCO2)c1ccc(O)cc1. The Kier molecular flexibility index (Phi) is 4.82. The fourth-order valence-corrected chi connectivity index (χ4v) is 3.18. The molecule has 0 atom stereocenters. The van der Waals surface area contributed by atoms with Gasteiger partial charge in [0.1, 0.15) is 11.4 Å². The fourth-order valence-electron chi connectivity index (χ4n) is 3.18. The molecule has 13 nitrogen and oxygen atoms in total. The molecule has 0 fully saturated rings. The van der Waals surface area contributed by atoms with Crippen molar-refractivity contribution in [1.82, 2.24) is 30.7 Å². The summed E-state index contributed by atoms with van der Waals surface area (Å²) >= 11 is 0. The van der Waals surface area contributed by atoms with E-state index in [9.17, 15) is 9.90 Å². The van der Waals surface area contributed by atoms with E-state index in [2.05, 4.69) is 35.8 Å². The maximum absolute atomic E-state index is 13.0. The number of phenolic OH excluding ortho intramolecular Hbond substituents is 1. The van der Waals surface area contributed by atoms with E-state index in [-0.39, 0.29) is 35.6 Å². The first-order valence-corrected chi connectivity index (χ1v) is 9.59. The van der Waals surface area contributed by atoms with Crippen LogP contribution in [0.15, 0.2) is 52.2 Å². The van der Waals surface area contributed by atoms with Gasteiger partial charge in [0.05, 0.1) is 5.71 Å². The van der Waals surface area contributed by atoms with Gasteiger partial charge >= 0.3 is 0 Å². The van der Waals surface area contributed by atoms with Crippen LogP contribution in [0.2, 0.25) is 0 Å². The molecule has 0 bridgehead atoms.